The predicted molar refractivity (Wildman–Crippen MR) is 69.3 cm³/mol. The molecule has 0 saturated heterocycles. The molecule has 3 rings (SSSR count). The lowest BCUT2D eigenvalue weighted by atomic mass is 10.0. The van der Waals surface area contributed by atoms with Crippen LogP contribution in [-0.2, 0) is 9.53 Å². The van der Waals surface area contributed by atoms with Crippen LogP contribution < -0.4 is 5.32 Å². The number of carbonyl (C=O) groups excluding carboxylic acids is 1. The van der Waals surface area contributed by atoms with E-state index >= 15 is 0 Å². The van der Waals surface area contributed by atoms with Gasteiger partial charge in [-0.1, -0.05) is 24.3 Å². The van der Waals surface area contributed by atoms with Crippen molar-refractivity contribution < 1.29 is 9.53 Å². The Hall–Kier alpha value is -1.35. The van der Waals surface area contributed by atoms with Gasteiger partial charge in [-0.2, -0.15) is 0 Å². The normalized spacial score (nSPS) is 20.5. The molecule has 0 aliphatic heterocycles. The van der Waals surface area contributed by atoms with Gasteiger partial charge >= 0.3 is 5.97 Å². The molecule has 2 aliphatic rings. The average molecular weight is 245 g/mol. The van der Waals surface area contributed by atoms with Gasteiger partial charge in [-0.25, -0.2) is 4.79 Å². The number of rotatable bonds is 5. The summed E-state index contributed by atoms with van der Waals surface area (Å²) in [5.74, 6) is 0.563. The molecule has 1 aromatic carbocycles. The zero-order valence-electron chi connectivity index (χ0n) is 10.7. The van der Waals surface area contributed by atoms with Crippen LogP contribution in [0.1, 0.15) is 48.8 Å². The van der Waals surface area contributed by atoms with E-state index in [4.69, 9.17) is 4.74 Å². The highest BCUT2D eigenvalue weighted by atomic mass is 16.5. The first kappa shape index (κ1) is 11.7. The second-order valence-electron chi connectivity index (χ2n) is 5.34. The van der Waals surface area contributed by atoms with Gasteiger partial charge in [0, 0.05) is 6.04 Å². The molecular weight excluding hydrogens is 226 g/mol. The summed E-state index contributed by atoms with van der Waals surface area (Å²) in [6.07, 6.45) is 4.93. The third-order valence-corrected chi connectivity index (χ3v) is 3.74. The van der Waals surface area contributed by atoms with Gasteiger partial charge in [0.2, 0.25) is 0 Å². The first-order valence-electron chi connectivity index (χ1n) is 6.71. The number of esters is 1. The molecule has 0 heterocycles. The molecule has 2 fully saturated rings. The molecule has 1 N–H and O–H groups in total. The molecule has 0 spiro atoms. The molecule has 3 nitrogen and oxygen atoms in total. The number of benzene rings is 1. The lowest BCUT2D eigenvalue weighted by Crippen LogP contribution is -2.31. The van der Waals surface area contributed by atoms with E-state index < -0.39 is 0 Å². The Morgan fingerprint density at radius 3 is 2.39 bits per heavy atom. The van der Waals surface area contributed by atoms with Crippen LogP contribution in [0, 0.1) is 0 Å². The fraction of sp³-hybridized carbons (Fsp3) is 0.533. The molecule has 2 aliphatic carbocycles. The summed E-state index contributed by atoms with van der Waals surface area (Å²) in [4.78, 5) is 11.8. The van der Waals surface area contributed by atoms with Crippen molar-refractivity contribution in [1.82, 2.24) is 5.32 Å². The second kappa shape index (κ2) is 4.73. The van der Waals surface area contributed by atoms with Crippen molar-refractivity contribution >= 4 is 5.97 Å². The lowest BCUT2D eigenvalue weighted by Gasteiger charge is -2.16. The monoisotopic (exact) mass is 245 g/mol. The Morgan fingerprint density at radius 2 is 1.89 bits per heavy atom. The van der Waals surface area contributed by atoms with E-state index in [1.807, 2.05) is 0 Å². The SMILES string of the molecule is COC(=O)C(NC1CC1)c1ccc(C2CC2)cc1. The Labute approximate surface area is 108 Å². The third kappa shape index (κ3) is 2.56. The minimum atomic E-state index is -0.309. The van der Waals surface area contributed by atoms with Crippen LogP contribution >= 0.6 is 0 Å². The van der Waals surface area contributed by atoms with E-state index in [-0.39, 0.29) is 12.0 Å². The van der Waals surface area contributed by atoms with Crippen molar-refractivity contribution in [2.75, 3.05) is 7.11 Å². The van der Waals surface area contributed by atoms with E-state index in [0.29, 0.717) is 6.04 Å². The lowest BCUT2D eigenvalue weighted by molar-refractivity contribution is -0.143. The summed E-state index contributed by atoms with van der Waals surface area (Å²) in [5, 5.41) is 3.35. The molecule has 1 atom stereocenters. The Balaban J connectivity index is 1.76. The maximum atomic E-state index is 11.8. The molecular formula is C15H19NO2. The number of hydrogen-bond donors (Lipinski definition) is 1. The van der Waals surface area contributed by atoms with Gasteiger partial charge in [-0.3, -0.25) is 5.32 Å². The van der Waals surface area contributed by atoms with Gasteiger partial charge in [0.25, 0.3) is 0 Å². The Bertz CT molecular complexity index is 432. The Morgan fingerprint density at radius 1 is 1.22 bits per heavy atom. The van der Waals surface area contributed by atoms with Gasteiger partial charge in [0.15, 0.2) is 0 Å². The van der Waals surface area contributed by atoms with Crippen molar-refractivity contribution in [3.05, 3.63) is 35.4 Å². The van der Waals surface area contributed by atoms with Crippen LogP contribution in [0.25, 0.3) is 0 Å². The number of methoxy groups -OCH3 is 1. The van der Waals surface area contributed by atoms with Crippen LogP contribution in [-0.4, -0.2) is 19.1 Å². The van der Waals surface area contributed by atoms with Gasteiger partial charge in [0.05, 0.1) is 7.11 Å². The second-order valence-corrected chi connectivity index (χ2v) is 5.34. The smallest absolute Gasteiger partial charge is 0.327 e. The van der Waals surface area contributed by atoms with Crippen LogP contribution in [0.15, 0.2) is 24.3 Å². The standard InChI is InChI=1S/C15H19NO2/c1-18-15(17)14(16-13-8-9-13)12-6-4-11(5-7-12)10-2-3-10/h4-7,10,13-14,16H,2-3,8-9H2,1H3. The fourth-order valence-corrected chi connectivity index (χ4v) is 2.28. The molecule has 1 unspecified atom stereocenters. The largest absolute Gasteiger partial charge is 0.468 e. The topological polar surface area (TPSA) is 38.3 Å². The quantitative estimate of drug-likeness (QED) is 0.810. The Kier molecular flexibility index (Phi) is 3.08. The van der Waals surface area contributed by atoms with Crippen molar-refractivity contribution in [2.45, 2.75) is 43.7 Å². The predicted octanol–water partition coefficient (Wildman–Crippen LogP) is 2.53. The summed E-state index contributed by atoms with van der Waals surface area (Å²) in [6, 6.07) is 8.59. The maximum Gasteiger partial charge on any atom is 0.327 e. The van der Waals surface area contributed by atoms with E-state index in [1.165, 1.54) is 25.5 Å². The van der Waals surface area contributed by atoms with Gasteiger partial charge in [0.1, 0.15) is 6.04 Å². The van der Waals surface area contributed by atoms with Gasteiger partial charge in [-0.15, -0.1) is 0 Å². The van der Waals surface area contributed by atoms with Crippen molar-refractivity contribution in [3.8, 4) is 0 Å². The first-order chi connectivity index (χ1) is 8.78. The molecule has 0 amide bonds. The van der Waals surface area contributed by atoms with Crippen LogP contribution in [0.2, 0.25) is 0 Å². The molecule has 3 heteroatoms. The molecule has 0 bridgehead atoms. The first-order valence-corrected chi connectivity index (χ1v) is 6.71. The van der Waals surface area contributed by atoms with Crippen LogP contribution in [0.4, 0.5) is 0 Å². The summed E-state index contributed by atoms with van der Waals surface area (Å²) >= 11 is 0. The van der Waals surface area contributed by atoms with E-state index in [9.17, 15) is 4.79 Å². The summed E-state index contributed by atoms with van der Waals surface area (Å²) in [5.41, 5.74) is 2.41. The molecule has 0 radical (unpaired) electrons. The highest BCUT2D eigenvalue weighted by molar-refractivity contribution is 5.77. The third-order valence-electron chi connectivity index (χ3n) is 3.74. The van der Waals surface area contributed by atoms with Gasteiger partial charge in [-0.05, 0) is 42.7 Å². The molecule has 2 saturated carbocycles. The average Bonchev–Trinajstić information content (AvgIpc) is 3.29. The van der Waals surface area contributed by atoms with E-state index in [0.717, 1.165) is 24.3 Å². The van der Waals surface area contributed by atoms with E-state index in [1.54, 1.807) is 0 Å². The summed E-state index contributed by atoms with van der Waals surface area (Å²) in [6.45, 7) is 0. The highest BCUT2D eigenvalue weighted by Crippen LogP contribution is 2.40. The molecule has 0 aromatic heterocycles. The number of nitrogens with one attached hydrogen (secondary N) is 1. The van der Waals surface area contributed by atoms with E-state index in [2.05, 4.69) is 29.6 Å². The molecule has 96 valence electrons. The van der Waals surface area contributed by atoms with Crippen molar-refractivity contribution in [1.29, 1.82) is 0 Å². The summed E-state index contributed by atoms with van der Waals surface area (Å²) in [7, 11) is 1.45. The number of ether oxygens (including phenoxy) is 1. The highest BCUT2D eigenvalue weighted by Gasteiger charge is 2.30. The zero-order chi connectivity index (χ0) is 12.5. The summed E-state index contributed by atoms with van der Waals surface area (Å²) < 4.78 is 4.88. The van der Waals surface area contributed by atoms with Crippen LogP contribution in [0.3, 0.4) is 0 Å². The van der Waals surface area contributed by atoms with Crippen LogP contribution in [0.5, 0.6) is 0 Å². The number of hydrogen-bond acceptors (Lipinski definition) is 3. The molecule has 1 aromatic rings. The molecule has 18 heavy (non-hydrogen) atoms. The van der Waals surface area contributed by atoms with Gasteiger partial charge < -0.3 is 4.74 Å². The maximum absolute atomic E-state index is 11.8. The minimum Gasteiger partial charge on any atom is -0.468 e. The van der Waals surface area contributed by atoms with Crippen molar-refractivity contribution in [2.24, 2.45) is 0 Å². The number of carbonyl (C=O) groups is 1. The van der Waals surface area contributed by atoms with Crippen molar-refractivity contribution in [3.63, 3.8) is 0 Å². The fourth-order valence-electron chi connectivity index (χ4n) is 2.28. The zero-order valence-corrected chi connectivity index (χ0v) is 10.7. The minimum absolute atomic E-state index is 0.193.